The molecule has 0 bridgehead atoms. The van der Waals surface area contributed by atoms with E-state index in [-0.39, 0.29) is 5.69 Å². The van der Waals surface area contributed by atoms with Crippen molar-refractivity contribution >= 4 is 11.9 Å². The van der Waals surface area contributed by atoms with Gasteiger partial charge in [0.15, 0.2) is 0 Å². The second kappa shape index (κ2) is 6.33. The number of hydrogen-bond donors (Lipinski definition) is 1. The van der Waals surface area contributed by atoms with Gasteiger partial charge in [0.05, 0.1) is 11.1 Å². The minimum absolute atomic E-state index is 0.0596. The van der Waals surface area contributed by atoms with E-state index in [2.05, 4.69) is 5.10 Å². The Balaban J connectivity index is 2.07. The number of ether oxygens (including phenoxy) is 1. The Morgan fingerprint density at radius 3 is 2.55 bits per heavy atom. The molecule has 0 aromatic heterocycles. The minimum atomic E-state index is -0.433. The number of nitrogens with two attached hydrogens (primary N) is 1. The van der Waals surface area contributed by atoms with Gasteiger partial charge in [0.2, 0.25) is 0 Å². The fourth-order valence-electron chi connectivity index (χ4n) is 1.67. The smallest absolute Gasteiger partial charge is 0.269 e. The predicted octanol–water partition coefficient (Wildman–Crippen LogP) is 2.47. The van der Waals surface area contributed by atoms with Gasteiger partial charge in [0.25, 0.3) is 5.69 Å². The number of hydrazone groups is 1. The van der Waals surface area contributed by atoms with Crippen LogP contribution in [0.3, 0.4) is 0 Å². The van der Waals surface area contributed by atoms with Crippen LogP contribution in [-0.4, -0.2) is 11.1 Å². The standard InChI is InChI=1S/C14H13N3O3/c15-16-9-12-3-1-2-4-14(12)20-10-11-5-7-13(8-6-11)17(18)19/h1-9H,10,15H2. The molecule has 0 radical (unpaired) electrons. The lowest BCUT2D eigenvalue weighted by atomic mass is 10.2. The van der Waals surface area contributed by atoms with E-state index in [1.807, 2.05) is 24.3 Å². The molecule has 0 aliphatic carbocycles. The van der Waals surface area contributed by atoms with E-state index in [0.717, 1.165) is 11.1 Å². The van der Waals surface area contributed by atoms with E-state index in [1.165, 1.54) is 18.3 Å². The molecule has 20 heavy (non-hydrogen) atoms. The molecule has 102 valence electrons. The molecule has 0 saturated carbocycles. The zero-order valence-electron chi connectivity index (χ0n) is 10.6. The molecule has 0 atom stereocenters. The van der Waals surface area contributed by atoms with Crippen molar-refractivity contribution in [2.75, 3.05) is 0 Å². The van der Waals surface area contributed by atoms with Gasteiger partial charge in [-0.1, -0.05) is 12.1 Å². The van der Waals surface area contributed by atoms with E-state index in [9.17, 15) is 10.1 Å². The number of nitro groups is 1. The lowest BCUT2D eigenvalue weighted by molar-refractivity contribution is -0.384. The number of nitro benzene ring substituents is 1. The maximum atomic E-state index is 10.6. The van der Waals surface area contributed by atoms with Gasteiger partial charge in [-0.3, -0.25) is 10.1 Å². The van der Waals surface area contributed by atoms with Crippen molar-refractivity contribution < 1.29 is 9.66 Å². The van der Waals surface area contributed by atoms with E-state index in [4.69, 9.17) is 10.6 Å². The van der Waals surface area contributed by atoms with Crippen LogP contribution in [0.5, 0.6) is 5.75 Å². The summed E-state index contributed by atoms with van der Waals surface area (Å²) in [5.74, 6) is 5.78. The van der Waals surface area contributed by atoms with Crippen LogP contribution in [0.15, 0.2) is 53.6 Å². The first-order valence-electron chi connectivity index (χ1n) is 5.89. The van der Waals surface area contributed by atoms with Gasteiger partial charge in [0.1, 0.15) is 12.4 Å². The van der Waals surface area contributed by atoms with E-state index in [1.54, 1.807) is 12.1 Å². The molecule has 0 fully saturated rings. The van der Waals surface area contributed by atoms with Crippen LogP contribution in [-0.2, 0) is 6.61 Å². The first-order valence-corrected chi connectivity index (χ1v) is 5.89. The monoisotopic (exact) mass is 271 g/mol. The average molecular weight is 271 g/mol. The molecule has 6 nitrogen and oxygen atoms in total. The van der Waals surface area contributed by atoms with Gasteiger partial charge >= 0.3 is 0 Å². The highest BCUT2D eigenvalue weighted by Crippen LogP contribution is 2.18. The Labute approximate surface area is 115 Å². The van der Waals surface area contributed by atoms with Crippen LogP contribution in [0.4, 0.5) is 5.69 Å². The fourth-order valence-corrected chi connectivity index (χ4v) is 1.67. The predicted molar refractivity (Wildman–Crippen MR) is 75.7 cm³/mol. The molecule has 2 aromatic rings. The largest absolute Gasteiger partial charge is 0.488 e. The van der Waals surface area contributed by atoms with Crippen molar-refractivity contribution in [2.24, 2.45) is 10.9 Å². The van der Waals surface area contributed by atoms with Crippen LogP contribution >= 0.6 is 0 Å². The number of rotatable bonds is 5. The quantitative estimate of drug-likeness (QED) is 0.391. The molecule has 0 saturated heterocycles. The first kappa shape index (κ1) is 13.5. The van der Waals surface area contributed by atoms with Crippen LogP contribution in [0.2, 0.25) is 0 Å². The van der Waals surface area contributed by atoms with E-state index >= 15 is 0 Å². The Bertz CT molecular complexity index is 624. The van der Waals surface area contributed by atoms with Crippen molar-refractivity contribution in [3.8, 4) is 5.75 Å². The van der Waals surface area contributed by atoms with Crippen molar-refractivity contribution in [3.05, 3.63) is 69.8 Å². The molecular weight excluding hydrogens is 258 g/mol. The summed E-state index contributed by atoms with van der Waals surface area (Å²) in [7, 11) is 0. The summed E-state index contributed by atoms with van der Waals surface area (Å²) in [5, 5.41) is 14.0. The summed E-state index contributed by atoms with van der Waals surface area (Å²) in [6.45, 7) is 0.313. The third kappa shape index (κ3) is 3.32. The van der Waals surface area contributed by atoms with Crippen molar-refractivity contribution in [2.45, 2.75) is 6.61 Å². The topological polar surface area (TPSA) is 90.8 Å². The summed E-state index contributed by atoms with van der Waals surface area (Å²) in [6.07, 6.45) is 1.51. The van der Waals surface area contributed by atoms with Crippen molar-refractivity contribution in [1.29, 1.82) is 0 Å². The van der Waals surface area contributed by atoms with Crippen molar-refractivity contribution in [3.63, 3.8) is 0 Å². The summed E-state index contributed by atoms with van der Waals surface area (Å²) in [5.41, 5.74) is 1.68. The van der Waals surface area contributed by atoms with Gasteiger partial charge < -0.3 is 10.6 Å². The minimum Gasteiger partial charge on any atom is -0.488 e. The fraction of sp³-hybridized carbons (Fsp3) is 0.0714. The first-order chi connectivity index (χ1) is 9.70. The molecule has 0 aliphatic rings. The highest BCUT2D eigenvalue weighted by Gasteiger charge is 2.05. The highest BCUT2D eigenvalue weighted by atomic mass is 16.6. The molecular formula is C14H13N3O3. The number of benzene rings is 2. The zero-order chi connectivity index (χ0) is 14.4. The second-order valence-electron chi connectivity index (χ2n) is 4.03. The van der Waals surface area contributed by atoms with E-state index < -0.39 is 4.92 Å². The van der Waals surface area contributed by atoms with Crippen molar-refractivity contribution in [1.82, 2.24) is 0 Å². The van der Waals surface area contributed by atoms with Gasteiger partial charge in [-0.05, 0) is 29.8 Å². The van der Waals surface area contributed by atoms with Crippen LogP contribution < -0.4 is 10.6 Å². The highest BCUT2D eigenvalue weighted by molar-refractivity contribution is 5.83. The maximum absolute atomic E-state index is 10.6. The van der Waals surface area contributed by atoms with Gasteiger partial charge in [0, 0.05) is 17.7 Å². The number of hydrogen-bond acceptors (Lipinski definition) is 5. The van der Waals surface area contributed by atoms with Gasteiger partial charge in [-0.2, -0.15) is 5.10 Å². The zero-order valence-corrected chi connectivity index (χ0v) is 10.6. The third-order valence-corrected chi connectivity index (χ3v) is 2.67. The lowest BCUT2D eigenvalue weighted by Gasteiger charge is -2.08. The summed E-state index contributed by atoms with van der Waals surface area (Å²) >= 11 is 0. The molecule has 0 heterocycles. The number of nitrogens with zero attached hydrogens (tertiary/aromatic N) is 2. The van der Waals surface area contributed by atoms with E-state index in [0.29, 0.717) is 12.4 Å². The number of non-ortho nitro benzene ring substituents is 1. The molecule has 0 aliphatic heterocycles. The normalized spacial score (nSPS) is 10.6. The molecule has 0 unspecified atom stereocenters. The summed E-state index contributed by atoms with van der Waals surface area (Å²) in [6, 6.07) is 13.6. The van der Waals surface area contributed by atoms with Gasteiger partial charge in [-0.25, -0.2) is 0 Å². The maximum Gasteiger partial charge on any atom is 0.269 e. The second-order valence-corrected chi connectivity index (χ2v) is 4.03. The molecule has 2 rings (SSSR count). The molecule has 2 aromatic carbocycles. The molecule has 2 N–H and O–H groups in total. The Hall–Kier alpha value is -2.89. The summed E-state index contributed by atoms with van der Waals surface area (Å²) in [4.78, 5) is 10.1. The third-order valence-electron chi connectivity index (χ3n) is 2.67. The Morgan fingerprint density at radius 2 is 1.90 bits per heavy atom. The Kier molecular flexibility index (Phi) is 4.28. The Morgan fingerprint density at radius 1 is 1.20 bits per heavy atom. The van der Waals surface area contributed by atoms with Gasteiger partial charge in [-0.15, -0.1) is 0 Å². The molecule has 6 heteroatoms. The van der Waals surface area contributed by atoms with Crippen LogP contribution in [0.1, 0.15) is 11.1 Å². The SMILES string of the molecule is NN=Cc1ccccc1OCc1ccc([N+](=O)[O-])cc1. The van der Waals surface area contributed by atoms with Crippen LogP contribution in [0, 0.1) is 10.1 Å². The molecule has 0 spiro atoms. The number of para-hydroxylation sites is 1. The summed E-state index contributed by atoms with van der Waals surface area (Å²) < 4.78 is 5.66. The average Bonchev–Trinajstić information content (AvgIpc) is 2.47. The molecule has 0 amide bonds. The van der Waals surface area contributed by atoms with Crippen LogP contribution in [0.25, 0.3) is 0 Å². The lowest BCUT2D eigenvalue weighted by Crippen LogP contribution is -1.99.